The quantitative estimate of drug-likeness (QED) is 0.787. The first-order valence-corrected chi connectivity index (χ1v) is 5.86. The van der Waals surface area contributed by atoms with Gasteiger partial charge in [-0.25, -0.2) is 0 Å². The molecule has 1 atom stereocenters. The van der Waals surface area contributed by atoms with Crippen LogP contribution in [0.15, 0.2) is 24.3 Å². The Kier molecular flexibility index (Phi) is 5.49. The van der Waals surface area contributed by atoms with E-state index in [1.165, 1.54) is 0 Å². The third-order valence-corrected chi connectivity index (χ3v) is 2.59. The smallest absolute Gasteiger partial charge is 0.251 e. The number of methoxy groups -OCH3 is 1. The average Bonchev–Trinajstić information content (AvgIpc) is 2.38. The molecule has 0 aliphatic heterocycles. The molecule has 0 spiro atoms. The molecule has 0 radical (unpaired) electrons. The summed E-state index contributed by atoms with van der Waals surface area (Å²) in [5, 5.41) is 2.92. The zero-order valence-corrected chi connectivity index (χ0v) is 10.4. The molecule has 1 aromatic carbocycles. The van der Waals surface area contributed by atoms with Crippen molar-refractivity contribution in [3.63, 3.8) is 0 Å². The lowest BCUT2D eigenvalue weighted by molar-refractivity contribution is 0.0936. The molecule has 0 aliphatic rings. The lowest BCUT2D eigenvalue weighted by Crippen LogP contribution is -2.40. The van der Waals surface area contributed by atoms with Crippen molar-refractivity contribution in [3.05, 3.63) is 29.8 Å². The third kappa shape index (κ3) is 4.07. The normalized spacial score (nSPS) is 11.9. The number of carbonyl (C=O) groups is 1. The van der Waals surface area contributed by atoms with E-state index in [4.69, 9.17) is 10.5 Å². The third-order valence-electron chi connectivity index (χ3n) is 2.59. The summed E-state index contributed by atoms with van der Waals surface area (Å²) in [6, 6.07) is 7.12. The van der Waals surface area contributed by atoms with Gasteiger partial charge in [0.05, 0.1) is 7.11 Å². The summed E-state index contributed by atoms with van der Waals surface area (Å²) in [5.74, 6) is 0.574. The lowest BCUT2D eigenvalue weighted by atomic mass is 10.1. The van der Waals surface area contributed by atoms with Gasteiger partial charge in [0, 0.05) is 18.2 Å². The summed E-state index contributed by atoms with van der Waals surface area (Å²) in [5.41, 5.74) is 6.20. The van der Waals surface area contributed by atoms with Gasteiger partial charge < -0.3 is 15.8 Å². The molecular formula is C13H20N2O2. The molecule has 0 aromatic heterocycles. The van der Waals surface area contributed by atoms with Gasteiger partial charge in [-0.15, -0.1) is 0 Å². The molecule has 4 nitrogen and oxygen atoms in total. The van der Waals surface area contributed by atoms with Gasteiger partial charge in [0.1, 0.15) is 5.75 Å². The van der Waals surface area contributed by atoms with Crippen molar-refractivity contribution in [3.8, 4) is 5.75 Å². The summed E-state index contributed by atoms with van der Waals surface area (Å²) >= 11 is 0. The highest BCUT2D eigenvalue weighted by atomic mass is 16.5. The summed E-state index contributed by atoms with van der Waals surface area (Å²) in [6.45, 7) is 2.53. The predicted octanol–water partition coefficient (Wildman–Crippen LogP) is 1.55. The molecule has 0 saturated carbocycles. The van der Waals surface area contributed by atoms with E-state index in [0.717, 1.165) is 12.8 Å². The van der Waals surface area contributed by atoms with Crippen LogP contribution in [0.5, 0.6) is 5.75 Å². The van der Waals surface area contributed by atoms with Crippen LogP contribution in [0.25, 0.3) is 0 Å². The Morgan fingerprint density at radius 2 is 2.29 bits per heavy atom. The molecule has 3 N–H and O–H groups in total. The van der Waals surface area contributed by atoms with E-state index in [1.807, 2.05) is 6.07 Å². The van der Waals surface area contributed by atoms with Crippen LogP contribution in [0.2, 0.25) is 0 Å². The first-order valence-electron chi connectivity index (χ1n) is 5.86. The van der Waals surface area contributed by atoms with Crippen LogP contribution in [0.1, 0.15) is 30.1 Å². The van der Waals surface area contributed by atoms with E-state index in [-0.39, 0.29) is 11.9 Å². The maximum absolute atomic E-state index is 11.9. The van der Waals surface area contributed by atoms with E-state index in [0.29, 0.717) is 17.9 Å². The highest BCUT2D eigenvalue weighted by Crippen LogP contribution is 2.12. The monoisotopic (exact) mass is 236 g/mol. The van der Waals surface area contributed by atoms with Crippen molar-refractivity contribution in [2.45, 2.75) is 25.8 Å². The summed E-state index contributed by atoms with van der Waals surface area (Å²) in [6.07, 6.45) is 1.90. The van der Waals surface area contributed by atoms with Gasteiger partial charge in [-0.2, -0.15) is 0 Å². The minimum Gasteiger partial charge on any atom is -0.497 e. The molecule has 4 heteroatoms. The SMILES string of the molecule is CCCC(CN)NC(=O)c1cccc(OC)c1. The molecule has 0 fully saturated rings. The number of nitrogens with one attached hydrogen (secondary N) is 1. The fraction of sp³-hybridized carbons (Fsp3) is 0.462. The van der Waals surface area contributed by atoms with E-state index >= 15 is 0 Å². The molecular weight excluding hydrogens is 216 g/mol. The highest BCUT2D eigenvalue weighted by Gasteiger charge is 2.11. The summed E-state index contributed by atoms with van der Waals surface area (Å²) in [4.78, 5) is 11.9. The standard InChI is InChI=1S/C13H20N2O2/c1-3-5-11(9-14)15-13(16)10-6-4-7-12(8-10)17-2/h4,6-8,11H,3,5,9,14H2,1-2H3,(H,15,16). The minimum atomic E-state index is -0.104. The number of rotatable bonds is 6. The zero-order chi connectivity index (χ0) is 12.7. The van der Waals surface area contributed by atoms with E-state index in [2.05, 4.69) is 12.2 Å². The number of hydrogen-bond donors (Lipinski definition) is 2. The van der Waals surface area contributed by atoms with Crippen LogP contribution < -0.4 is 15.8 Å². The molecule has 1 amide bonds. The molecule has 1 aromatic rings. The largest absolute Gasteiger partial charge is 0.497 e. The number of benzene rings is 1. The first kappa shape index (κ1) is 13.5. The fourth-order valence-electron chi connectivity index (χ4n) is 1.63. The van der Waals surface area contributed by atoms with Crippen molar-refractivity contribution in [2.24, 2.45) is 5.73 Å². The summed E-state index contributed by atoms with van der Waals surface area (Å²) in [7, 11) is 1.58. The Balaban J connectivity index is 2.68. The van der Waals surface area contributed by atoms with Crippen LogP contribution >= 0.6 is 0 Å². The molecule has 0 aliphatic carbocycles. The van der Waals surface area contributed by atoms with Gasteiger partial charge in [0.25, 0.3) is 5.91 Å². The maximum Gasteiger partial charge on any atom is 0.251 e. The molecule has 0 heterocycles. The second kappa shape index (κ2) is 6.91. The topological polar surface area (TPSA) is 64.3 Å². The van der Waals surface area contributed by atoms with Crippen LogP contribution in [0.3, 0.4) is 0 Å². The van der Waals surface area contributed by atoms with Crippen molar-refractivity contribution in [2.75, 3.05) is 13.7 Å². The second-order valence-electron chi connectivity index (χ2n) is 3.93. The summed E-state index contributed by atoms with van der Waals surface area (Å²) < 4.78 is 5.08. The lowest BCUT2D eigenvalue weighted by Gasteiger charge is -2.16. The number of carbonyl (C=O) groups excluding carboxylic acids is 1. The van der Waals surface area contributed by atoms with Crippen LogP contribution in [-0.2, 0) is 0 Å². The average molecular weight is 236 g/mol. The Morgan fingerprint density at radius 3 is 2.88 bits per heavy atom. The van der Waals surface area contributed by atoms with Gasteiger partial charge in [-0.3, -0.25) is 4.79 Å². The second-order valence-corrected chi connectivity index (χ2v) is 3.93. The van der Waals surface area contributed by atoms with Crippen LogP contribution in [-0.4, -0.2) is 25.6 Å². The van der Waals surface area contributed by atoms with E-state index in [1.54, 1.807) is 25.3 Å². The van der Waals surface area contributed by atoms with E-state index in [9.17, 15) is 4.79 Å². The fourth-order valence-corrected chi connectivity index (χ4v) is 1.63. The first-order chi connectivity index (χ1) is 8.21. The zero-order valence-electron chi connectivity index (χ0n) is 10.4. The molecule has 94 valence electrons. The van der Waals surface area contributed by atoms with Gasteiger partial charge in [0.15, 0.2) is 0 Å². The van der Waals surface area contributed by atoms with Gasteiger partial charge in [-0.05, 0) is 24.6 Å². The number of ether oxygens (including phenoxy) is 1. The highest BCUT2D eigenvalue weighted by molar-refractivity contribution is 5.94. The molecule has 0 saturated heterocycles. The Bertz CT molecular complexity index is 366. The van der Waals surface area contributed by atoms with Gasteiger partial charge in [0.2, 0.25) is 0 Å². The molecule has 1 rings (SSSR count). The Morgan fingerprint density at radius 1 is 1.53 bits per heavy atom. The van der Waals surface area contributed by atoms with E-state index < -0.39 is 0 Å². The number of hydrogen-bond acceptors (Lipinski definition) is 3. The van der Waals surface area contributed by atoms with Crippen molar-refractivity contribution < 1.29 is 9.53 Å². The van der Waals surface area contributed by atoms with Crippen LogP contribution in [0.4, 0.5) is 0 Å². The number of nitrogens with two attached hydrogens (primary N) is 1. The van der Waals surface area contributed by atoms with Crippen molar-refractivity contribution >= 4 is 5.91 Å². The number of amides is 1. The molecule has 17 heavy (non-hydrogen) atoms. The van der Waals surface area contributed by atoms with Gasteiger partial charge in [-0.1, -0.05) is 19.4 Å². The molecule has 0 bridgehead atoms. The van der Waals surface area contributed by atoms with Gasteiger partial charge >= 0.3 is 0 Å². The Hall–Kier alpha value is -1.55. The van der Waals surface area contributed by atoms with Crippen molar-refractivity contribution in [1.82, 2.24) is 5.32 Å². The molecule has 1 unspecified atom stereocenters. The van der Waals surface area contributed by atoms with Crippen molar-refractivity contribution in [1.29, 1.82) is 0 Å². The van der Waals surface area contributed by atoms with Crippen LogP contribution in [0, 0.1) is 0 Å². The predicted molar refractivity (Wildman–Crippen MR) is 68.2 cm³/mol. The maximum atomic E-state index is 11.9. The minimum absolute atomic E-state index is 0.0405. The Labute approximate surface area is 102 Å².